The van der Waals surface area contributed by atoms with Gasteiger partial charge in [0.1, 0.15) is 11.6 Å². The van der Waals surface area contributed by atoms with E-state index in [-0.39, 0.29) is 17.9 Å². The number of nitrogens with two attached hydrogens (primary N) is 1. The molecule has 2 rings (SSSR count). The lowest BCUT2D eigenvalue weighted by Crippen LogP contribution is -2.12. The van der Waals surface area contributed by atoms with Crippen molar-refractivity contribution in [3.63, 3.8) is 0 Å². The zero-order valence-corrected chi connectivity index (χ0v) is 9.33. The number of benzene rings is 1. The van der Waals surface area contributed by atoms with Crippen LogP contribution in [0.5, 0.6) is 0 Å². The number of H-pyrrole nitrogens is 1. The second-order valence-electron chi connectivity index (χ2n) is 3.75. The van der Waals surface area contributed by atoms with E-state index >= 15 is 0 Å². The Labute approximate surface area is 97.3 Å². The molecule has 0 atom stereocenters. The first kappa shape index (κ1) is 11.5. The van der Waals surface area contributed by atoms with E-state index in [2.05, 4.69) is 9.97 Å². The topological polar surface area (TPSA) is 71.8 Å². The van der Waals surface area contributed by atoms with Crippen LogP contribution in [0.15, 0.2) is 29.1 Å². The standard InChI is InChI=1S/C12H12FN3O/c1-7-4-8(2-3-10(7)13)12-15-9(6-14)5-11(17)16-12/h2-5H,6,14H2,1H3,(H,15,16,17). The number of hydrogen-bond acceptors (Lipinski definition) is 3. The highest BCUT2D eigenvalue weighted by Crippen LogP contribution is 2.17. The summed E-state index contributed by atoms with van der Waals surface area (Å²) in [7, 11) is 0. The van der Waals surface area contributed by atoms with Crippen LogP contribution >= 0.6 is 0 Å². The molecule has 1 heterocycles. The fourth-order valence-corrected chi connectivity index (χ4v) is 1.54. The Bertz CT molecular complexity index is 607. The number of halogens is 1. The summed E-state index contributed by atoms with van der Waals surface area (Å²) in [4.78, 5) is 18.2. The van der Waals surface area contributed by atoms with Gasteiger partial charge in [0.2, 0.25) is 0 Å². The zero-order valence-electron chi connectivity index (χ0n) is 9.33. The maximum absolute atomic E-state index is 13.1. The van der Waals surface area contributed by atoms with Crippen molar-refractivity contribution in [2.24, 2.45) is 5.73 Å². The normalized spacial score (nSPS) is 10.5. The summed E-state index contributed by atoms with van der Waals surface area (Å²) in [5, 5.41) is 0. The van der Waals surface area contributed by atoms with Gasteiger partial charge in [0.25, 0.3) is 5.56 Å². The van der Waals surface area contributed by atoms with Crippen LogP contribution in [0.4, 0.5) is 4.39 Å². The molecule has 0 amide bonds. The number of rotatable bonds is 2. The van der Waals surface area contributed by atoms with Gasteiger partial charge in [-0.25, -0.2) is 9.37 Å². The fourth-order valence-electron chi connectivity index (χ4n) is 1.54. The molecule has 4 nitrogen and oxygen atoms in total. The van der Waals surface area contributed by atoms with Crippen molar-refractivity contribution in [3.8, 4) is 11.4 Å². The van der Waals surface area contributed by atoms with E-state index < -0.39 is 0 Å². The molecule has 88 valence electrons. The fraction of sp³-hybridized carbons (Fsp3) is 0.167. The molecule has 0 saturated heterocycles. The Morgan fingerprint density at radius 2 is 2.18 bits per heavy atom. The van der Waals surface area contributed by atoms with Crippen molar-refractivity contribution in [2.75, 3.05) is 0 Å². The van der Waals surface area contributed by atoms with Gasteiger partial charge in [0.05, 0.1) is 5.69 Å². The van der Waals surface area contributed by atoms with Crippen molar-refractivity contribution in [1.29, 1.82) is 0 Å². The van der Waals surface area contributed by atoms with Gasteiger partial charge in [-0.1, -0.05) is 0 Å². The third-order valence-electron chi connectivity index (χ3n) is 2.44. The second kappa shape index (κ2) is 4.47. The van der Waals surface area contributed by atoms with Crippen LogP contribution in [0, 0.1) is 12.7 Å². The number of nitrogens with zero attached hydrogens (tertiary/aromatic N) is 1. The average molecular weight is 233 g/mol. The lowest BCUT2D eigenvalue weighted by molar-refractivity contribution is 0.618. The molecule has 0 aliphatic heterocycles. The van der Waals surface area contributed by atoms with Crippen molar-refractivity contribution in [2.45, 2.75) is 13.5 Å². The first-order chi connectivity index (χ1) is 8.10. The van der Waals surface area contributed by atoms with Crippen LogP contribution < -0.4 is 11.3 Å². The van der Waals surface area contributed by atoms with Gasteiger partial charge in [-0.2, -0.15) is 0 Å². The average Bonchev–Trinajstić information content (AvgIpc) is 2.32. The minimum Gasteiger partial charge on any atom is -0.325 e. The van der Waals surface area contributed by atoms with Gasteiger partial charge in [-0.15, -0.1) is 0 Å². The molecular weight excluding hydrogens is 221 g/mol. The van der Waals surface area contributed by atoms with Gasteiger partial charge >= 0.3 is 0 Å². The van der Waals surface area contributed by atoms with Crippen molar-refractivity contribution >= 4 is 0 Å². The van der Waals surface area contributed by atoms with Gasteiger partial charge in [-0.3, -0.25) is 4.79 Å². The minimum absolute atomic E-state index is 0.192. The van der Waals surface area contributed by atoms with E-state index in [1.54, 1.807) is 19.1 Å². The molecule has 1 aromatic heterocycles. The maximum atomic E-state index is 13.1. The smallest absolute Gasteiger partial charge is 0.251 e. The van der Waals surface area contributed by atoms with Crippen LogP contribution in [0.25, 0.3) is 11.4 Å². The lowest BCUT2D eigenvalue weighted by atomic mass is 10.1. The summed E-state index contributed by atoms with van der Waals surface area (Å²) in [5.74, 6) is 0.118. The first-order valence-electron chi connectivity index (χ1n) is 5.17. The third-order valence-corrected chi connectivity index (χ3v) is 2.44. The molecule has 0 unspecified atom stereocenters. The Balaban J connectivity index is 2.55. The Morgan fingerprint density at radius 3 is 2.82 bits per heavy atom. The van der Waals surface area contributed by atoms with Gasteiger partial charge < -0.3 is 10.7 Å². The summed E-state index contributed by atoms with van der Waals surface area (Å²) in [6.45, 7) is 1.85. The van der Waals surface area contributed by atoms with Crippen LogP contribution in [0.1, 0.15) is 11.3 Å². The van der Waals surface area contributed by atoms with Gasteiger partial charge in [0, 0.05) is 18.2 Å². The lowest BCUT2D eigenvalue weighted by Gasteiger charge is -2.04. The van der Waals surface area contributed by atoms with Crippen LogP contribution in [0.2, 0.25) is 0 Å². The van der Waals surface area contributed by atoms with Crippen molar-refractivity contribution in [1.82, 2.24) is 9.97 Å². The highest BCUT2D eigenvalue weighted by molar-refractivity contribution is 5.56. The second-order valence-corrected chi connectivity index (χ2v) is 3.75. The number of nitrogens with one attached hydrogen (secondary N) is 1. The highest BCUT2D eigenvalue weighted by Gasteiger charge is 2.05. The molecule has 1 aromatic carbocycles. The van der Waals surface area contributed by atoms with Crippen LogP contribution in [-0.4, -0.2) is 9.97 Å². The number of aromatic amines is 1. The van der Waals surface area contributed by atoms with E-state index in [0.717, 1.165) is 0 Å². The summed E-state index contributed by atoms with van der Waals surface area (Å²) in [6, 6.07) is 5.90. The molecule has 5 heteroatoms. The SMILES string of the molecule is Cc1cc(-c2nc(CN)cc(=O)[nH]2)ccc1F. The Hall–Kier alpha value is -2.01. The summed E-state index contributed by atoms with van der Waals surface area (Å²) in [6.07, 6.45) is 0. The monoisotopic (exact) mass is 233 g/mol. The molecular formula is C12H12FN3O. The molecule has 0 aliphatic carbocycles. The molecule has 3 N–H and O–H groups in total. The van der Waals surface area contributed by atoms with E-state index in [1.165, 1.54) is 12.1 Å². The van der Waals surface area contributed by atoms with E-state index in [4.69, 9.17) is 5.73 Å². The van der Waals surface area contributed by atoms with Gasteiger partial charge in [-0.05, 0) is 30.7 Å². The predicted octanol–water partition coefficient (Wildman–Crippen LogP) is 1.34. The third kappa shape index (κ3) is 2.39. The predicted molar refractivity (Wildman–Crippen MR) is 62.9 cm³/mol. The molecule has 0 bridgehead atoms. The van der Waals surface area contributed by atoms with E-state index in [9.17, 15) is 9.18 Å². The minimum atomic E-state index is -0.286. The summed E-state index contributed by atoms with van der Waals surface area (Å²) in [5.41, 5.74) is 6.85. The first-order valence-corrected chi connectivity index (χ1v) is 5.17. The maximum Gasteiger partial charge on any atom is 0.251 e. The molecule has 0 fully saturated rings. The Morgan fingerprint density at radius 1 is 1.41 bits per heavy atom. The molecule has 0 spiro atoms. The van der Waals surface area contributed by atoms with Gasteiger partial charge in [0.15, 0.2) is 0 Å². The number of aromatic nitrogens is 2. The molecule has 0 radical (unpaired) electrons. The largest absolute Gasteiger partial charge is 0.325 e. The van der Waals surface area contributed by atoms with E-state index in [1.807, 2.05) is 0 Å². The van der Waals surface area contributed by atoms with E-state index in [0.29, 0.717) is 22.6 Å². The zero-order chi connectivity index (χ0) is 12.4. The molecule has 2 aromatic rings. The van der Waals surface area contributed by atoms with Crippen LogP contribution in [0.3, 0.4) is 0 Å². The Kier molecular flexibility index (Phi) is 3.01. The summed E-state index contributed by atoms with van der Waals surface area (Å²) >= 11 is 0. The highest BCUT2D eigenvalue weighted by atomic mass is 19.1. The number of aryl methyl sites for hydroxylation is 1. The molecule has 0 saturated carbocycles. The molecule has 0 aliphatic rings. The van der Waals surface area contributed by atoms with Crippen LogP contribution in [-0.2, 0) is 6.54 Å². The van der Waals surface area contributed by atoms with Crippen molar-refractivity contribution < 1.29 is 4.39 Å². The quantitative estimate of drug-likeness (QED) is 0.822. The number of hydrogen-bond donors (Lipinski definition) is 2. The molecule has 17 heavy (non-hydrogen) atoms. The van der Waals surface area contributed by atoms with Crippen molar-refractivity contribution in [3.05, 3.63) is 51.7 Å². The summed E-state index contributed by atoms with van der Waals surface area (Å²) < 4.78 is 13.1.